The molecule has 3 amide bonds. The first-order valence-electron chi connectivity index (χ1n) is 14.0. The van der Waals surface area contributed by atoms with Gasteiger partial charge >= 0.3 is 6.09 Å². The molecule has 44 heavy (non-hydrogen) atoms. The van der Waals surface area contributed by atoms with Gasteiger partial charge in [0.1, 0.15) is 6.10 Å². The quantitative estimate of drug-likeness (QED) is 0.199. The van der Waals surface area contributed by atoms with Gasteiger partial charge in [-0.2, -0.15) is 0 Å². The van der Waals surface area contributed by atoms with E-state index in [4.69, 9.17) is 19.9 Å². The van der Waals surface area contributed by atoms with E-state index in [0.717, 1.165) is 13.0 Å². The zero-order valence-electron chi connectivity index (χ0n) is 26.0. The number of amides is 3. The van der Waals surface area contributed by atoms with Crippen molar-refractivity contribution in [2.45, 2.75) is 71.9 Å². The molecule has 0 fully saturated rings. The van der Waals surface area contributed by atoms with Crippen LogP contribution < -0.4 is 16.4 Å². The number of aliphatic hydroxyl groups excluding tert-OH is 1. The van der Waals surface area contributed by atoms with Gasteiger partial charge < -0.3 is 35.7 Å². The number of ketones is 3. The summed E-state index contributed by atoms with van der Waals surface area (Å²) in [7, 11) is 2.82. The van der Waals surface area contributed by atoms with E-state index >= 15 is 0 Å². The lowest BCUT2D eigenvalue weighted by molar-refractivity contribution is -0.136. The molecule has 2 rings (SSSR count). The van der Waals surface area contributed by atoms with Crippen molar-refractivity contribution in [1.82, 2.24) is 10.6 Å². The Balaban J connectivity index is 2.66. The smallest absolute Gasteiger partial charge is 0.405 e. The van der Waals surface area contributed by atoms with Gasteiger partial charge in [-0.1, -0.05) is 38.2 Å². The highest BCUT2D eigenvalue weighted by atomic mass is 16.6. The number of nitrogens with two attached hydrogens (primary N) is 1. The van der Waals surface area contributed by atoms with Crippen molar-refractivity contribution in [2.24, 2.45) is 17.6 Å². The minimum Gasteiger partial charge on any atom is -0.439 e. The molecular formula is C31H41N3O10. The number of rotatable bonds is 5. The molecule has 5 N–H and O–H groups in total. The Hall–Kier alpha value is -4.20. The van der Waals surface area contributed by atoms with Gasteiger partial charge in [-0.25, -0.2) is 4.79 Å². The maximum Gasteiger partial charge on any atom is 0.405 e. The van der Waals surface area contributed by atoms with Crippen LogP contribution in [-0.4, -0.2) is 79.0 Å². The Morgan fingerprint density at radius 3 is 2.32 bits per heavy atom. The Kier molecular flexibility index (Phi) is 13.1. The summed E-state index contributed by atoms with van der Waals surface area (Å²) in [6.07, 6.45) is 2.59. The van der Waals surface area contributed by atoms with Gasteiger partial charge in [0, 0.05) is 44.3 Å². The van der Waals surface area contributed by atoms with E-state index in [2.05, 4.69) is 10.6 Å². The Labute approximate surface area is 256 Å². The fourth-order valence-electron chi connectivity index (χ4n) is 4.92. The maximum atomic E-state index is 13.6. The predicted molar refractivity (Wildman–Crippen MR) is 158 cm³/mol. The van der Waals surface area contributed by atoms with Crippen molar-refractivity contribution in [3.63, 3.8) is 0 Å². The second-order valence-electron chi connectivity index (χ2n) is 10.9. The number of primary amides is 1. The number of ether oxygens (including phenoxy) is 3. The van der Waals surface area contributed by atoms with Crippen LogP contribution >= 0.6 is 0 Å². The van der Waals surface area contributed by atoms with E-state index in [1.165, 1.54) is 39.4 Å². The van der Waals surface area contributed by atoms with Crippen molar-refractivity contribution in [1.29, 1.82) is 0 Å². The van der Waals surface area contributed by atoms with Gasteiger partial charge in [-0.15, -0.1) is 0 Å². The molecule has 0 unspecified atom stereocenters. The first-order valence-corrected chi connectivity index (χ1v) is 14.0. The number of nitrogens with one attached hydrogen (secondary N) is 2. The molecule has 6 atom stereocenters. The molecule has 0 saturated heterocycles. The highest BCUT2D eigenvalue weighted by molar-refractivity contribution is 6.37. The van der Waals surface area contributed by atoms with Gasteiger partial charge in [0.05, 0.1) is 23.6 Å². The summed E-state index contributed by atoms with van der Waals surface area (Å²) in [6, 6.07) is 0. The minimum absolute atomic E-state index is 0.0528. The largest absolute Gasteiger partial charge is 0.439 e. The number of methoxy groups -OCH3 is 2. The Morgan fingerprint density at radius 1 is 1.09 bits per heavy atom. The van der Waals surface area contributed by atoms with Crippen LogP contribution in [0.1, 0.15) is 47.5 Å². The monoisotopic (exact) mass is 615 g/mol. The summed E-state index contributed by atoms with van der Waals surface area (Å²) in [6.45, 7) is 7.70. The highest BCUT2D eigenvalue weighted by Gasteiger charge is 2.34. The van der Waals surface area contributed by atoms with E-state index in [1.807, 2.05) is 0 Å². The third-order valence-electron chi connectivity index (χ3n) is 7.35. The number of hydrogen-bond acceptors (Lipinski definition) is 10. The minimum atomic E-state index is -1.07. The summed E-state index contributed by atoms with van der Waals surface area (Å²) >= 11 is 0. The number of allylic oxidation sites excluding steroid dienone is 4. The predicted octanol–water partition coefficient (Wildman–Crippen LogP) is 1.47. The average molecular weight is 616 g/mol. The zero-order valence-corrected chi connectivity index (χ0v) is 26.0. The van der Waals surface area contributed by atoms with Gasteiger partial charge in [-0.3, -0.25) is 24.0 Å². The molecule has 2 aliphatic rings. The van der Waals surface area contributed by atoms with Crippen LogP contribution in [-0.2, 0) is 38.2 Å². The molecule has 1 heterocycles. The first kappa shape index (κ1) is 36.0. The second kappa shape index (κ2) is 16.0. The average Bonchev–Trinajstić information content (AvgIpc) is 2.95. The molecule has 0 radical (unpaired) electrons. The molecule has 13 heteroatoms. The van der Waals surface area contributed by atoms with Crippen LogP contribution in [0.4, 0.5) is 4.79 Å². The molecule has 0 aromatic carbocycles. The lowest BCUT2D eigenvalue weighted by Gasteiger charge is -2.30. The van der Waals surface area contributed by atoms with E-state index < -0.39 is 71.5 Å². The van der Waals surface area contributed by atoms with Gasteiger partial charge in [-0.05, 0) is 38.2 Å². The summed E-state index contributed by atoms with van der Waals surface area (Å²) in [4.78, 5) is 75.1. The number of carbonyl (C=O) groups is 6. The van der Waals surface area contributed by atoms with E-state index in [9.17, 15) is 33.9 Å². The number of fused-ring (bicyclic) bond motifs is 2. The Bertz CT molecular complexity index is 1340. The third-order valence-corrected chi connectivity index (χ3v) is 7.35. The summed E-state index contributed by atoms with van der Waals surface area (Å²) in [5.74, 6) is -5.02. The van der Waals surface area contributed by atoms with Gasteiger partial charge in [0.25, 0.3) is 11.8 Å². The highest BCUT2D eigenvalue weighted by Crippen LogP contribution is 2.29. The molecule has 2 bridgehead atoms. The van der Waals surface area contributed by atoms with Gasteiger partial charge in [0.2, 0.25) is 17.3 Å². The summed E-state index contributed by atoms with van der Waals surface area (Å²) in [5.41, 5.74) is 5.25. The maximum absolute atomic E-state index is 13.6. The summed E-state index contributed by atoms with van der Waals surface area (Å²) in [5, 5.41) is 15.9. The molecule has 0 saturated carbocycles. The number of Topliss-reactive ketones (excluding diaryl/α,β-unsaturated/α-hetero) is 2. The molecule has 1 aliphatic heterocycles. The fraction of sp³-hybridized carbons (Fsp3) is 0.484. The van der Waals surface area contributed by atoms with E-state index in [-0.39, 0.29) is 35.4 Å². The molecular weight excluding hydrogens is 574 g/mol. The molecule has 0 spiro atoms. The van der Waals surface area contributed by atoms with Crippen LogP contribution in [0.2, 0.25) is 0 Å². The SMILES string of the molecule is CO[C@H]1/C=C\C=C(\C)C(=O)NC2=CC(=O)C(NC(=O)C(C)=O)=C(C[C@@H](C)C[C@H](OC)[C@H](O)[C@@H](C)/C=C(/C)[C@@H]1OC(N)=O)C2=O. The molecule has 0 aromatic rings. The van der Waals surface area contributed by atoms with Crippen molar-refractivity contribution < 1.29 is 48.1 Å². The Morgan fingerprint density at radius 2 is 1.75 bits per heavy atom. The molecule has 1 aliphatic carbocycles. The molecule has 240 valence electrons. The lowest BCUT2D eigenvalue weighted by atomic mass is 9.85. The van der Waals surface area contributed by atoms with E-state index in [0.29, 0.717) is 5.57 Å². The third kappa shape index (κ3) is 9.40. The number of carbonyl (C=O) groups excluding carboxylic acids is 6. The van der Waals surface area contributed by atoms with Crippen LogP contribution in [0.25, 0.3) is 0 Å². The zero-order chi connectivity index (χ0) is 33.3. The van der Waals surface area contributed by atoms with E-state index in [1.54, 1.807) is 26.8 Å². The molecule has 13 nitrogen and oxygen atoms in total. The normalized spacial score (nSPS) is 30.6. The topological polar surface area (TPSA) is 200 Å². The summed E-state index contributed by atoms with van der Waals surface area (Å²) < 4.78 is 16.5. The number of hydrogen-bond donors (Lipinski definition) is 4. The van der Waals surface area contributed by atoms with Crippen molar-refractivity contribution >= 4 is 35.3 Å². The number of aliphatic hydroxyl groups is 1. The van der Waals surface area contributed by atoms with Gasteiger partial charge in [0.15, 0.2) is 6.10 Å². The van der Waals surface area contributed by atoms with Crippen LogP contribution in [0.5, 0.6) is 0 Å². The molecule has 0 aromatic heterocycles. The van der Waals surface area contributed by atoms with Crippen LogP contribution in [0.15, 0.2) is 58.5 Å². The standard InChI is InChI=1S/C31H41N3O10/c1-15-11-20-25(34-30(40)19(5)35)22(36)14-21(27(20)38)33-29(39)16(2)9-8-10-23(42-6)28(44-31(32)41)18(4)13-17(3)26(37)24(12-15)43-7/h8-10,13-15,17,23-24,26,28,37H,11-12H2,1-7H3,(H2,32,41)(H,33,39)(H,34,40)/b10-8-,16-9-,18-13-/t15-,17+,23+,24+,26-,28+/m1/s1. The van der Waals surface area contributed by atoms with Crippen LogP contribution in [0, 0.1) is 11.8 Å². The van der Waals surface area contributed by atoms with Crippen molar-refractivity contribution in [3.05, 3.63) is 58.5 Å². The fourth-order valence-corrected chi connectivity index (χ4v) is 4.92. The first-order chi connectivity index (χ1) is 20.6. The second-order valence-corrected chi connectivity index (χ2v) is 10.9. The van der Waals surface area contributed by atoms with Crippen molar-refractivity contribution in [2.75, 3.05) is 14.2 Å². The lowest BCUT2D eigenvalue weighted by Crippen LogP contribution is -2.39. The van der Waals surface area contributed by atoms with Crippen LogP contribution in [0.3, 0.4) is 0 Å². The van der Waals surface area contributed by atoms with Crippen molar-refractivity contribution in [3.8, 4) is 0 Å².